The average Bonchev–Trinajstić information content (AvgIpc) is 3.05. The number of piperazine rings is 1. The number of fused-ring (bicyclic) bond motifs is 1. The van der Waals surface area contributed by atoms with Gasteiger partial charge in [0.2, 0.25) is 0 Å². The van der Waals surface area contributed by atoms with Crippen LogP contribution in [0.1, 0.15) is 23.7 Å². The minimum Gasteiger partial charge on any atom is -0.382 e. The molecule has 1 saturated heterocycles. The number of carbonyl (C=O) groups is 1. The molecule has 2 aromatic rings. The number of anilines is 1. The van der Waals surface area contributed by atoms with Crippen LogP contribution in [0.25, 0.3) is 5.52 Å². The van der Waals surface area contributed by atoms with E-state index in [1.54, 1.807) is 0 Å². The van der Waals surface area contributed by atoms with E-state index in [2.05, 4.69) is 38.7 Å². The Morgan fingerprint density at radius 1 is 1.16 bits per heavy atom. The smallest absolute Gasteiger partial charge is 0.252 e. The van der Waals surface area contributed by atoms with Crippen LogP contribution in [0, 0.1) is 0 Å². The summed E-state index contributed by atoms with van der Waals surface area (Å²) in [5, 5.41) is 2.97. The molecule has 3 rings (SSSR count). The zero-order valence-corrected chi connectivity index (χ0v) is 15.2. The maximum absolute atomic E-state index is 12.4. The summed E-state index contributed by atoms with van der Waals surface area (Å²) in [5.41, 5.74) is 1.80. The second-order valence-electron chi connectivity index (χ2n) is 6.50. The van der Waals surface area contributed by atoms with Gasteiger partial charge in [-0.1, -0.05) is 0 Å². The number of pyridine rings is 1. The Hall–Kier alpha value is -2.05. The van der Waals surface area contributed by atoms with E-state index in [-0.39, 0.29) is 5.91 Å². The van der Waals surface area contributed by atoms with E-state index >= 15 is 0 Å². The number of carbonyl (C=O) groups excluding carboxylic acids is 1. The van der Waals surface area contributed by atoms with Crippen molar-refractivity contribution in [3.8, 4) is 0 Å². The van der Waals surface area contributed by atoms with Crippen LogP contribution in [0.4, 0.5) is 5.82 Å². The standard InChI is InChI=1S/C19H28N4O2/c1-3-25-14-4-9-20-19(24)16-5-6-17-7-8-18(23(17)15-16)22-12-10-21(2)11-13-22/h5-8,15H,3-4,9-14H2,1-2H3,(H,20,24). The summed E-state index contributed by atoms with van der Waals surface area (Å²) >= 11 is 0. The molecule has 0 atom stereocenters. The molecular weight excluding hydrogens is 316 g/mol. The third-order valence-electron chi connectivity index (χ3n) is 4.67. The molecule has 3 heterocycles. The van der Waals surface area contributed by atoms with Crippen molar-refractivity contribution in [1.82, 2.24) is 14.6 Å². The Morgan fingerprint density at radius 2 is 1.92 bits per heavy atom. The highest BCUT2D eigenvalue weighted by molar-refractivity contribution is 5.94. The lowest BCUT2D eigenvalue weighted by atomic mass is 10.2. The summed E-state index contributed by atoms with van der Waals surface area (Å²) in [6.07, 6.45) is 2.78. The van der Waals surface area contributed by atoms with Crippen LogP contribution in [0.5, 0.6) is 0 Å². The van der Waals surface area contributed by atoms with Gasteiger partial charge in [-0.05, 0) is 44.7 Å². The molecule has 0 aliphatic carbocycles. The average molecular weight is 344 g/mol. The molecule has 1 aliphatic heterocycles. The highest BCUT2D eigenvalue weighted by atomic mass is 16.5. The highest BCUT2D eigenvalue weighted by Gasteiger charge is 2.17. The Balaban J connectivity index is 1.68. The maximum Gasteiger partial charge on any atom is 0.252 e. The predicted octanol–water partition coefficient (Wildman–Crippen LogP) is 1.85. The molecule has 0 bridgehead atoms. The Morgan fingerprint density at radius 3 is 2.68 bits per heavy atom. The lowest BCUT2D eigenvalue weighted by Gasteiger charge is -2.33. The Labute approximate surface area is 149 Å². The second-order valence-corrected chi connectivity index (χ2v) is 6.50. The molecule has 0 unspecified atom stereocenters. The van der Waals surface area contributed by atoms with Crippen LogP contribution in [-0.2, 0) is 4.74 Å². The SMILES string of the molecule is CCOCCCNC(=O)c1ccc2ccc(N3CCN(C)CC3)n2c1. The van der Waals surface area contributed by atoms with E-state index in [4.69, 9.17) is 4.74 Å². The van der Waals surface area contributed by atoms with Gasteiger partial charge in [-0.2, -0.15) is 0 Å². The van der Waals surface area contributed by atoms with E-state index in [0.717, 1.165) is 43.9 Å². The first-order valence-corrected chi connectivity index (χ1v) is 9.09. The molecular formula is C19H28N4O2. The topological polar surface area (TPSA) is 49.2 Å². The van der Waals surface area contributed by atoms with Gasteiger partial charge in [0.15, 0.2) is 0 Å². The molecule has 0 radical (unpaired) electrons. The van der Waals surface area contributed by atoms with Gasteiger partial charge >= 0.3 is 0 Å². The number of likely N-dealkylation sites (N-methyl/N-ethyl adjacent to an activating group) is 1. The number of rotatable bonds is 7. The third kappa shape index (κ3) is 4.32. The van der Waals surface area contributed by atoms with Crippen molar-refractivity contribution in [2.75, 3.05) is 57.9 Å². The third-order valence-corrected chi connectivity index (χ3v) is 4.67. The number of hydrogen-bond donors (Lipinski definition) is 1. The summed E-state index contributed by atoms with van der Waals surface area (Å²) in [5.74, 6) is 1.13. The number of amides is 1. The van der Waals surface area contributed by atoms with Crippen molar-refractivity contribution in [3.63, 3.8) is 0 Å². The molecule has 0 saturated carbocycles. The normalized spacial score (nSPS) is 15.7. The van der Waals surface area contributed by atoms with Crippen molar-refractivity contribution in [1.29, 1.82) is 0 Å². The molecule has 25 heavy (non-hydrogen) atoms. The van der Waals surface area contributed by atoms with Gasteiger partial charge in [-0.3, -0.25) is 4.79 Å². The largest absolute Gasteiger partial charge is 0.382 e. The predicted molar refractivity (Wildman–Crippen MR) is 101 cm³/mol. The molecule has 2 aromatic heterocycles. The molecule has 1 amide bonds. The van der Waals surface area contributed by atoms with Crippen LogP contribution < -0.4 is 10.2 Å². The zero-order chi connectivity index (χ0) is 17.6. The monoisotopic (exact) mass is 344 g/mol. The van der Waals surface area contributed by atoms with Gasteiger partial charge in [0.05, 0.1) is 5.56 Å². The lowest BCUT2D eigenvalue weighted by molar-refractivity contribution is 0.0944. The summed E-state index contributed by atoms with van der Waals surface area (Å²) in [7, 11) is 2.15. The van der Waals surface area contributed by atoms with Crippen molar-refractivity contribution < 1.29 is 9.53 Å². The van der Waals surface area contributed by atoms with E-state index in [0.29, 0.717) is 25.3 Å². The number of nitrogens with zero attached hydrogens (tertiary/aromatic N) is 3. The number of aromatic nitrogens is 1. The summed E-state index contributed by atoms with van der Waals surface area (Å²) in [4.78, 5) is 17.1. The Bertz CT molecular complexity index is 705. The molecule has 1 N–H and O–H groups in total. The quantitative estimate of drug-likeness (QED) is 0.779. The van der Waals surface area contributed by atoms with E-state index in [1.807, 2.05) is 25.3 Å². The van der Waals surface area contributed by atoms with Crippen LogP contribution >= 0.6 is 0 Å². The fourth-order valence-electron chi connectivity index (χ4n) is 3.14. The number of hydrogen-bond acceptors (Lipinski definition) is 4. The van der Waals surface area contributed by atoms with E-state index < -0.39 is 0 Å². The van der Waals surface area contributed by atoms with Crippen LogP contribution in [-0.4, -0.2) is 68.2 Å². The van der Waals surface area contributed by atoms with Crippen molar-refractivity contribution in [2.24, 2.45) is 0 Å². The first-order chi connectivity index (χ1) is 12.2. The van der Waals surface area contributed by atoms with Gasteiger partial charge in [-0.25, -0.2) is 0 Å². The molecule has 136 valence electrons. The number of ether oxygens (including phenoxy) is 1. The summed E-state index contributed by atoms with van der Waals surface area (Å²) < 4.78 is 7.42. The van der Waals surface area contributed by atoms with Crippen molar-refractivity contribution >= 4 is 17.2 Å². The first kappa shape index (κ1) is 17.8. The van der Waals surface area contributed by atoms with Gasteiger partial charge in [0, 0.05) is 57.7 Å². The molecule has 6 nitrogen and oxygen atoms in total. The minimum atomic E-state index is -0.0311. The van der Waals surface area contributed by atoms with Crippen molar-refractivity contribution in [2.45, 2.75) is 13.3 Å². The Kier molecular flexibility index (Phi) is 5.94. The lowest BCUT2D eigenvalue weighted by Crippen LogP contribution is -2.44. The van der Waals surface area contributed by atoms with Gasteiger partial charge in [-0.15, -0.1) is 0 Å². The van der Waals surface area contributed by atoms with Crippen LogP contribution in [0.3, 0.4) is 0 Å². The van der Waals surface area contributed by atoms with Gasteiger partial charge < -0.3 is 24.3 Å². The molecule has 0 spiro atoms. The fraction of sp³-hybridized carbons (Fsp3) is 0.526. The maximum atomic E-state index is 12.4. The fourth-order valence-corrected chi connectivity index (χ4v) is 3.14. The summed E-state index contributed by atoms with van der Waals surface area (Å²) in [6, 6.07) is 8.15. The van der Waals surface area contributed by atoms with E-state index in [9.17, 15) is 4.79 Å². The molecule has 1 aliphatic rings. The zero-order valence-electron chi connectivity index (χ0n) is 15.2. The summed E-state index contributed by atoms with van der Waals surface area (Å²) in [6.45, 7) is 8.15. The molecule has 6 heteroatoms. The van der Waals surface area contributed by atoms with Gasteiger partial charge in [0.1, 0.15) is 5.82 Å². The molecule has 0 aromatic carbocycles. The molecule has 1 fully saturated rings. The number of nitrogens with one attached hydrogen (secondary N) is 1. The van der Waals surface area contributed by atoms with E-state index in [1.165, 1.54) is 0 Å². The van der Waals surface area contributed by atoms with Gasteiger partial charge in [0.25, 0.3) is 5.91 Å². The minimum absolute atomic E-state index is 0.0311. The van der Waals surface area contributed by atoms with Crippen molar-refractivity contribution in [3.05, 3.63) is 36.0 Å². The highest BCUT2D eigenvalue weighted by Crippen LogP contribution is 2.21. The van der Waals surface area contributed by atoms with Crippen LogP contribution in [0.15, 0.2) is 30.5 Å². The second kappa shape index (κ2) is 8.36. The van der Waals surface area contributed by atoms with Crippen LogP contribution in [0.2, 0.25) is 0 Å². The first-order valence-electron chi connectivity index (χ1n) is 9.09.